The van der Waals surface area contributed by atoms with E-state index in [1.54, 1.807) is 19.1 Å². The van der Waals surface area contributed by atoms with Crippen LogP contribution in [-0.4, -0.2) is 12.6 Å². The van der Waals surface area contributed by atoms with Crippen molar-refractivity contribution in [2.45, 2.75) is 39.3 Å². The van der Waals surface area contributed by atoms with E-state index in [9.17, 15) is 9.18 Å². The predicted molar refractivity (Wildman–Crippen MR) is 65.5 cm³/mol. The number of hydrogen-bond acceptors (Lipinski definition) is 2. The van der Waals surface area contributed by atoms with E-state index in [0.29, 0.717) is 5.56 Å². The van der Waals surface area contributed by atoms with Gasteiger partial charge in [0.15, 0.2) is 0 Å². The Balaban J connectivity index is 3.08. The molecule has 0 aliphatic heterocycles. The Morgan fingerprint density at radius 2 is 2.00 bits per heavy atom. The molecule has 0 aliphatic rings. The van der Waals surface area contributed by atoms with E-state index in [2.05, 4.69) is 0 Å². The first-order valence-electron chi connectivity index (χ1n) is 5.98. The molecular weight excluding hydrogens is 219 g/mol. The van der Waals surface area contributed by atoms with Crippen LogP contribution >= 0.6 is 0 Å². The maximum atomic E-state index is 14.5. The molecule has 1 aromatic carbocycles. The van der Waals surface area contributed by atoms with Crippen LogP contribution in [0.3, 0.4) is 0 Å². The van der Waals surface area contributed by atoms with Gasteiger partial charge in [-0.05, 0) is 25.8 Å². The zero-order valence-corrected chi connectivity index (χ0v) is 10.6. The van der Waals surface area contributed by atoms with Crippen molar-refractivity contribution in [2.24, 2.45) is 0 Å². The molecule has 0 saturated carbocycles. The van der Waals surface area contributed by atoms with Gasteiger partial charge in [0.1, 0.15) is 0 Å². The summed E-state index contributed by atoms with van der Waals surface area (Å²) in [7, 11) is 0. The highest BCUT2D eigenvalue weighted by Crippen LogP contribution is 2.30. The number of rotatable bonds is 5. The molecular formula is C14H19FO2. The van der Waals surface area contributed by atoms with E-state index in [-0.39, 0.29) is 6.61 Å². The van der Waals surface area contributed by atoms with Crippen molar-refractivity contribution < 1.29 is 13.9 Å². The van der Waals surface area contributed by atoms with Gasteiger partial charge in [0.05, 0.1) is 6.61 Å². The van der Waals surface area contributed by atoms with E-state index in [1.807, 2.05) is 19.1 Å². The lowest BCUT2D eigenvalue weighted by atomic mass is 9.91. The van der Waals surface area contributed by atoms with Gasteiger partial charge >= 0.3 is 5.97 Å². The molecule has 0 N–H and O–H groups in total. The van der Waals surface area contributed by atoms with Gasteiger partial charge in [-0.1, -0.05) is 37.6 Å². The second-order valence-corrected chi connectivity index (χ2v) is 4.13. The molecule has 17 heavy (non-hydrogen) atoms. The van der Waals surface area contributed by atoms with Crippen molar-refractivity contribution in [1.82, 2.24) is 0 Å². The number of esters is 1. The number of carbonyl (C=O) groups is 1. The van der Waals surface area contributed by atoms with E-state index >= 15 is 0 Å². The lowest BCUT2D eigenvalue weighted by Crippen LogP contribution is -2.30. The number of benzene rings is 1. The van der Waals surface area contributed by atoms with Gasteiger partial charge in [-0.3, -0.25) is 0 Å². The van der Waals surface area contributed by atoms with Crippen LogP contribution in [0.15, 0.2) is 24.3 Å². The molecule has 0 spiro atoms. The van der Waals surface area contributed by atoms with Crippen molar-refractivity contribution >= 4 is 5.97 Å². The summed E-state index contributed by atoms with van der Waals surface area (Å²) in [4.78, 5) is 11.6. The minimum Gasteiger partial charge on any atom is -0.463 e. The molecule has 94 valence electrons. The van der Waals surface area contributed by atoms with Crippen LogP contribution in [0.4, 0.5) is 4.39 Å². The SMILES string of the molecule is CCCc1ccccc1C(C)(F)C(=O)OCC. The van der Waals surface area contributed by atoms with E-state index < -0.39 is 11.6 Å². The minimum atomic E-state index is -2.07. The molecule has 0 aromatic heterocycles. The fourth-order valence-corrected chi connectivity index (χ4v) is 1.84. The van der Waals surface area contributed by atoms with E-state index in [1.165, 1.54) is 6.92 Å². The first-order valence-corrected chi connectivity index (χ1v) is 5.98. The Bertz CT molecular complexity index is 386. The summed E-state index contributed by atoms with van der Waals surface area (Å²) < 4.78 is 19.3. The van der Waals surface area contributed by atoms with Crippen LogP contribution in [0.25, 0.3) is 0 Å². The molecule has 0 fully saturated rings. The fraction of sp³-hybridized carbons (Fsp3) is 0.500. The molecule has 0 bridgehead atoms. The normalized spacial score (nSPS) is 14.1. The van der Waals surface area contributed by atoms with Gasteiger partial charge in [0, 0.05) is 5.56 Å². The standard InChI is InChI=1S/C14H19FO2/c1-4-8-11-9-6-7-10-12(11)14(3,15)13(16)17-5-2/h6-7,9-10H,4-5,8H2,1-3H3. The average Bonchev–Trinajstić information content (AvgIpc) is 2.30. The van der Waals surface area contributed by atoms with Crippen LogP contribution in [-0.2, 0) is 21.6 Å². The lowest BCUT2D eigenvalue weighted by Gasteiger charge is -2.21. The van der Waals surface area contributed by atoms with Gasteiger partial charge < -0.3 is 4.74 Å². The molecule has 1 aromatic rings. The van der Waals surface area contributed by atoms with Crippen LogP contribution in [0.5, 0.6) is 0 Å². The van der Waals surface area contributed by atoms with Gasteiger partial charge in [0.2, 0.25) is 5.67 Å². The van der Waals surface area contributed by atoms with Crippen molar-refractivity contribution in [3.8, 4) is 0 Å². The largest absolute Gasteiger partial charge is 0.463 e. The quantitative estimate of drug-likeness (QED) is 0.735. The van der Waals surface area contributed by atoms with Crippen LogP contribution in [0.1, 0.15) is 38.3 Å². The van der Waals surface area contributed by atoms with Crippen LogP contribution < -0.4 is 0 Å². The Labute approximate surface area is 102 Å². The van der Waals surface area contributed by atoms with Crippen LogP contribution in [0.2, 0.25) is 0 Å². The van der Waals surface area contributed by atoms with E-state index in [0.717, 1.165) is 18.4 Å². The minimum absolute atomic E-state index is 0.189. The predicted octanol–water partition coefficient (Wildman–Crippen LogP) is 3.39. The average molecular weight is 238 g/mol. The molecule has 0 aliphatic carbocycles. The first-order chi connectivity index (χ1) is 8.04. The molecule has 0 heterocycles. The van der Waals surface area contributed by atoms with Crippen molar-refractivity contribution in [2.75, 3.05) is 6.61 Å². The second-order valence-electron chi connectivity index (χ2n) is 4.13. The van der Waals surface area contributed by atoms with E-state index in [4.69, 9.17) is 4.74 Å². The summed E-state index contributed by atoms with van der Waals surface area (Å²) in [5.41, 5.74) is -0.782. The summed E-state index contributed by atoms with van der Waals surface area (Å²) in [6.07, 6.45) is 1.67. The second kappa shape index (κ2) is 5.80. The summed E-state index contributed by atoms with van der Waals surface area (Å²) in [5, 5.41) is 0. The summed E-state index contributed by atoms with van der Waals surface area (Å²) in [6.45, 7) is 5.15. The molecule has 0 amide bonds. The summed E-state index contributed by atoms with van der Waals surface area (Å²) in [5.74, 6) is -0.816. The summed E-state index contributed by atoms with van der Waals surface area (Å²) in [6, 6.07) is 7.11. The smallest absolute Gasteiger partial charge is 0.348 e. The van der Waals surface area contributed by atoms with Crippen molar-refractivity contribution in [3.63, 3.8) is 0 Å². The summed E-state index contributed by atoms with van der Waals surface area (Å²) >= 11 is 0. The zero-order chi connectivity index (χ0) is 12.9. The van der Waals surface area contributed by atoms with Gasteiger partial charge in [-0.25, -0.2) is 9.18 Å². The number of ether oxygens (including phenoxy) is 1. The molecule has 0 saturated heterocycles. The maximum Gasteiger partial charge on any atom is 0.348 e. The van der Waals surface area contributed by atoms with Gasteiger partial charge in [-0.2, -0.15) is 0 Å². The molecule has 1 rings (SSSR count). The third-order valence-corrected chi connectivity index (χ3v) is 2.70. The Morgan fingerprint density at radius 3 is 2.59 bits per heavy atom. The Hall–Kier alpha value is -1.38. The number of halogens is 1. The Kier molecular flexibility index (Phi) is 4.67. The van der Waals surface area contributed by atoms with Gasteiger partial charge in [0.25, 0.3) is 0 Å². The van der Waals surface area contributed by atoms with Crippen molar-refractivity contribution in [1.29, 1.82) is 0 Å². The van der Waals surface area contributed by atoms with Crippen LogP contribution in [0, 0.1) is 0 Å². The maximum absolute atomic E-state index is 14.5. The highest BCUT2D eigenvalue weighted by Gasteiger charge is 2.38. The Morgan fingerprint density at radius 1 is 1.35 bits per heavy atom. The third-order valence-electron chi connectivity index (χ3n) is 2.70. The molecule has 2 nitrogen and oxygen atoms in total. The molecule has 1 atom stereocenters. The highest BCUT2D eigenvalue weighted by molar-refractivity contribution is 5.81. The molecule has 3 heteroatoms. The lowest BCUT2D eigenvalue weighted by molar-refractivity contribution is -0.156. The van der Waals surface area contributed by atoms with Crippen molar-refractivity contribution in [3.05, 3.63) is 35.4 Å². The third kappa shape index (κ3) is 3.05. The number of alkyl halides is 1. The number of carbonyl (C=O) groups excluding carboxylic acids is 1. The first kappa shape index (κ1) is 13.7. The monoisotopic (exact) mass is 238 g/mol. The molecule has 1 unspecified atom stereocenters. The molecule has 0 radical (unpaired) electrons. The number of hydrogen-bond donors (Lipinski definition) is 0. The highest BCUT2D eigenvalue weighted by atomic mass is 19.1. The zero-order valence-electron chi connectivity index (χ0n) is 10.6. The van der Waals surface area contributed by atoms with Gasteiger partial charge in [-0.15, -0.1) is 0 Å². The number of aryl methyl sites for hydroxylation is 1. The topological polar surface area (TPSA) is 26.3 Å². The fourth-order valence-electron chi connectivity index (χ4n) is 1.84.